The Morgan fingerprint density at radius 2 is 1.77 bits per heavy atom. The fourth-order valence-corrected chi connectivity index (χ4v) is 5.29. The van der Waals surface area contributed by atoms with Gasteiger partial charge in [0.25, 0.3) is 5.69 Å². The van der Waals surface area contributed by atoms with Crippen LogP contribution in [0.2, 0.25) is 0 Å². The number of nitro benzene ring substituents is 1. The molecule has 228 valence electrons. The van der Waals surface area contributed by atoms with E-state index < -0.39 is 6.09 Å². The quantitative estimate of drug-likeness (QED) is 0.0536. The molecule has 1 aromatic heterocycles. The van der Waals surface area contributed by atoms with Gasteiger partial charge in [-0.15, -0.1) is 0 Å². The summed E-state index contributed by atoms with van der Waals surface area (Å²) in [5.41, 5.74) is 4.66. The number of non-ortho nitro benzene ring substituents is 1. The van der Waals surface area contributed by atoms with Crippen molar-refractivity contribution >= 4 is 39.3 Å². The van der Waals surface area contributed by atoms with Gasteiger partial charge in [-0.25, -0.2) is 4.79 Å². The van der Waals surface area contributed by atoms with Crippen molar-refractivity contribution in [3.05, 3.63) is 81.4 Å². The Hall–Kier alpha value is -4.44. The molecule has 0 bridgehead atoms. The number of nitrogens with zero attached hydrogens (tertiary/aromatic N) is 3. The largest absolute Gasteiger partial charge is 0.488 e. The minimum Gasteiger partial charge on any atom is -0.488 e. The lowest BCUT2D eigenvalue weighted by Gasteiger charge is -2.16. The monoisotopic (exact) mass is 588 g/mol. The molecule has 10 nitrogen and oxygen atoms in total. The van der Waals surface area contributed by atoms with Crippen molar-refractivity contribution in [1.82, 2.24) is 9.88 Å². The first-order valence-electron chi connectivity index (χ1n) is 14.8. The zero-order valence-electron chi connectivity index (χ0n) is 25.5. The maximum absolute atomic E-state index is 12.6. The van der Waals surface area contributed by atoms with Gasteiger partial charge in [0.15, 0.2) is 0 Å². The number of carbonyl (C=O) groups is 1. The molecule has 4 rings (SSSR count). The van der Waals surface area contributed by atoms with Crippen LogP contribution in [0.3, 0.4) is 0 Å². The van der Waals surface area contributed by atoms with Gasteiger partial charge in [-0.2, -0.15) is 0 Å². The Bertz CT molecular complexity index is 1630. The van der Waals surface area contributed by atoms with E-state index in [1.54, 1.807) is 19.2 Å². The number of aromatic nitrogens is 1. The Kier molecular flexibility index (Phi) is 10.7. The SMILES string of the molecule is CCCCCCNC(=O)O/N=C(/c1ccc2c(c1)c1cc([N+](=O)[O-])ccc1n2CC)c1ccc(OC(C)COC)cc1C. The lowest BCUT2D eigenvalue weighted by atomic mass is 9.96. The van der Waals surface area contributed by atoms with Crippen LogP contribution in [0.4, 0.5) is 10.5 Å². The molecule has 0 radical (unpaired) electrons. The van der Waals surface area contributed by atoms with Gasteiger partial charge in [-0.3, -0.25) is 15.0 Å². The van der Waals surface area contributed by atoms with Crippen LogP contribution < -0.4 is 10.1 Å². The maximum atomic E-state index is 12.6. The average Bonchev–Trinajstić information content (AvgIpc) is 3.30. The summed E-state index contributed by atoms with van der Waals surface area (Å²) < 4.78 is 13.3. The van der Waals surface area contributed by atoms with Crippen LogP contribution in [-0.4, -0.2) is 47.7 Å². The van der Waals surface area contributed by atoms with Crippen molar-refractivity contribution in [3.63, 3.8) is 0 Å². The summed E-state index contributed by atoms with van der Waals surface area (Å²) in [5.74, 6) is 0.685. The molecular weight excluding hydrogens is 548 g/mol. The van der Waals surface area contributed by atoms with E-state index >= 15 is 0 Å². The minimum atomic E-state index is -0.626. The number of aryl methyl sites for hydroxylation is 2. The van der Waals surface area contributed by atoms with Crippen molar-refractivity contribution in [2.24, 2.45) is 5.16 Å². The Morgan fingerprint density at radius 1 is 1.02 bits per heavy atom. The molecule has 0 aliphatic heterocycles. The number of oxime groups is 1. The summed E-state index contributed by atoms with van der Waals surface area (Å²) in [6.07, 6.45) is 3.37. The van der Waals surface area contributed by atoms with E-state index in [1.165, 1.54) is 6.07 Å². The summed E-state index contributed by atoms with van der Waals surface area (Å²) in [6.45, 7) is 9.71. The molecule has 0 fully saturated rings. The molecule has 1 amide bonds. The molecule has 43 heavy (non-hydrogen) atoms. The highest BCUT2D eigenvalue weighted by molar-refractivity contribution is 6.17. The predicted octanol–water partition coefficient (Wildman–Crippen LogP) is 7.50. The predicted molar refractivity (Wildman–Crippen MR) is 169 cm³/mol. The number of fused-ring (bicyclic) bond motifs is 3. The molecule has 0 aliphatic rings. The van der Waals surface area contributed by atoms with Crippen molar-refractivity contribution < 1.29 is 24.0 Å². The normalized spacial score (nSPS) is 12.4. The first-order valence-corrected chi connectivity index (χ1v) is 14.8. The Balaban J connectivity index is 1.76. The van der Waals surface area contributed by atoms with E-state index in [9.17, 15) is 14.9 Å². The number of unbranched alkanes of at least 4 members (excludes halogenated alkanes) is 3. The van der Waals surface area contributed by atoms with Gasteiger partial charge < -0.3 is 19.4 Å². The molecule has 4 aromatic rings. The summed E-state index contributed by atoms with van der Waals surface area (Å²) in [4.78, 5) is 29.1. The van der Waals surface area contributed by atoms with Crippen LogP contribution >= 0.6 is 0 Å². The first-order chi connectivity index (χ1) is 20.8. The number of carbonyl (C=O) groups excluding carboxylic acids is 1. The van der Waals surface area contributed by atoms with Crippen molar-refractivity contribution in [2.75, 3.05) is 20.3 Å². The molecule has 0 aliphatic carbocycles. The zero-order chi connectivity index (χ0) is 30.9. The molecule has 3 aromatic carbocycles. The van der Waals surface area contributed by atoms with Gasteiger partial charge in [0, 0.05) is 65.3 Å². The number of benzene rings is 3. The highest BCUT2D eigenvalue weighted by atomic mass is 16.7. The zero-order valence-corrected chi connectivity index (χ0v) is 25.5. The molecule has 1 atom stereocenters. The smallest absolute Gasteiger partial charge is 0.433 e. The van der Waals surface area contributed by atoms with Gasteiger partial charge in [0.1, 0.15) is 17.6 Å². The highest BCUT2D eigenvalue weighted by Gasteiger charge is 2.19. The fraction of sp³-hybridized carbons (Fsp3) is 0.394. The number of hydrogen-bond acceptors (Lipinski definition) is 7. The number of methoxy groups -OCH3 is 1. The van der Waals surface area contributed by atoms with E-state index in [-0.39, 0.29) is 16.7 Å². The third kappa shape index (κ3) is 7.50. The van der Waals surface area contributed by atoms with E-state index in [1.807, 2.05) is 57.2 Å². The van der Waals surface area contributed by atoms with Crippen LogP contribution in [0.25, 0.3) is 21.8 Å². The topological polar surface area (TPSA) is 117 Å². The van der Waals surface area contributed by atoms with Gasteiger partial charge >= 0.3 is 6.09 Å². The molecule has 0 spiro atoms. The van der Waals surface area contributed by atoms with Crippen molar-refractivity contribution in [1.29, 1.82) is 0 Å². The Labute approximate surface area is 251 Å². The minimum absolute atomic E-state index is 0.0232. The van der Waals surface area contributed by atoms with Gasteiger partial charge in [-0.05, 0) is 69.2 Å². The number of amides is 1. The summed E-state index contributed by atoms with van der Waals surface area (Å²) in [6, 6.07) is 16.4. The van der Waals surface area contributed by atoms with E-state index in [4.69, 9.17) is 14.3 Å². The highest BCUT2D eigenvalue weighted by Crippen LogP contribution is 2.33. The molecular formula is C33H40N4O6. The van der Waals surface area contributed by atoms with E-state index in [0.29, 0.717) is 36.7 Å². The molecule has 0 saturated carbocycles. The summed E-state index contributed by atoms with van der Waals surface area (Å²) in [5, 5.41) is 20.3. The Morgan fingerprint density at radius 3 is 2.44 bits per heavy atom. The van der Waals surface area contributed by atoms with Gasteiger partial charge in [0.2, 0.25) is 0 Å². The molecule has 1 N–H and O–H groups in total. The van der Waals surface area contributed by atoms with Gasteiger partial charge in [0.05, 0.1) is 11.5 Å². The number of rotatable bonds is 14. The summed E-state index contributed by atoms with van der Waals surface area (Å²) >= 11 is 0. The lowest BCUT2D eigenvalue weighted by Crippen LogP contribution is -2.24. The number of nitro groups is 1. The van der Waals surface area contributed by atoms with E-state index in [0.717, 1.165) is 58.6 Å². The molecule has 1 heterocycles. The van der Waals surface area contributed by atoms with E-state index in [2.05, 4.69) is 22.0 Å². The van der Waals surface area contributed by atoms with Gasteiger partial charge in [-0.1, -0.05) is 37.4 Å². The average molecular weight is 589 g/mol. The molecule has 0 saturated heterocycles. The van der Waals surface area contributed by atoms with Crippen molar-refractivity contribution in [3.8, 4) is 5.75 Å². The summed E-state index contributed by atoms with van der Waals surface area (Å²) in [7, 11) is 1.63. The third-order valence-corrected chi connectivity index (χ3v) is 7.36. The number of hydrogen-bond donors (Lipinski definition) is 1. The standard InChI is InChI=1S/C33H40N4O6/c1-6-8-9-10-17-34-33(38)43-35-32(27-14-13-26(18-22(27)3)42-23(4)21-41-5)24-11-15-30-28(19-24)29-20-25(37(39)40)12-16-31(29)36(30)7-2/h11-16,18-20,23H,6-10,17,21H2,1-5H3,(H,34,38)/b35-32-. The lowest BCUT2D eigenvalue weighted by molar-refractivity contribution is -0.384. The maximum Gasteiger partial charge on any atom is 0.433 e. The first kappa shape index (κ1) is 31.5. The molecule has 1 unspecified atom stereocenters. The van der Waals surface area contributed by atoms with Crippen LogP contribution in [0, 0.1) is 17.0 Å². The fourth-order valence-electron chi connectivity index (χ4n) is 5.29. The van der Waals surface area contributed by atoms with Crippen molar-refractivity contribution in [2.45, 2.75) is 66.0 Å². The number of nitrogens with one attached hydrogen (secondary N) is 1. The number of ether oxygens (including phenoxy) is 2. The second kappa shape index (κ2) is 14.6. The van der Waals surface area contributed by atoms with Crippen LogP contribution in [0.5, 0.6) is 5.75 Å². The van der Waals surface area contributed by atoms with Crippen LogP contribution in [-0.2, 0) is 16.1 Å². The van der Waals surface area contributed by atoms with Crippen LogP contribution in [0.15, 0.2) is 59.8 Å². The third-order valence-electron chi connectivity index (χ3n) is 7.36. The second-order valence-electron chi connectivity index (χ2n) is 10.6. The molecule has 10 heteroatoms. The second-order valence-corrected chi connectivity index (χ2v) is 10.6. The van der Waals surface area contributed by atoms with Crippen LogP contribution in [0.1, 0.15) is 63.1 Å².